The summed E-state index contributed by atoms with van der Waals surface area (Å²) in [5.41, 5.74) is 1.73. The molecule has 1 aliphatic heterocycles. The smallest absolute Gasteiger partial charge is 0.165 e. The molecule has 108 valence electrons. The van der Waals surface area contributed by atoms with E-state index < -0.39 is 0 Å². The van der Waals surface area contributed by atoms with Crippen molar-refractivity contribution in [2.24, 2.45) is 7.05 Å². The van der Waals surface area contributed by atoms with Crippen LogP contribution >= 0.6 is 0 Å². The lowest BCUT2D eigenvalue weighted by Crippen LogP contribution is -2.43. The van der Waals surface area contributed by atoms with Crippen molar-refractivity contribution in [2.45, 2.75) is 32.2 Å². The van der Waals surface area contributed by atoms with Crippen LogP contribution in [0.25, 0.3) is 11.2 Å². The lowest BCUT2D eigenvalue weighted by atomic mass is 10.0. The molecule has 20 heavy (non-hydrogen) atoms. The fourth-order valence-electron chi connectivity index (χ4n) is 3.00. The van der Waals surface area contributed by atoms with Gasteiger partial charge in [0.2, 0.25) is 0 Å². The van der Waals surface area contributed by atoms with Crippen LogP contribution in [0.15, 0.2) is 12.7 Å². The maximum Gasteiger partial charge on any atom is 0.165 e. The molecule has 0 aromatic carbocycles. The average molecular weight is 274 g/mol. The van der Waals surface area contributed by atoms with Crippen LogP contribution in [-0.2, 0) is 7.05 Å². The third-order valence-corrected chi connectivity index (χ3v) is 4.16. The van der Waals surface area contributed by atoms with Gasteiger partial charge in [-0.25, -0.2) is 15.0 Å². The highest BCUT2D eigenvalue weighted by molar-refractivity contribution is 5.82. The van der Waals surface area contributed by atoms with Crippen molar-refractivity contribution in [1.29, 1.82) is 0 Å². The molecule has 0 radical (unpaired) electrons. The van der Waals surface area contributed by atoms with E-state index in [1.54, 1.807) is 12.7 Å². The van der Waals surface area contributed by atoms with Crippen LogP contribution < -0.4 is 5.32 Å². The van der Waals surface area contributed by atoms with Crippen molar-refractivity contribution < 1.29 is 0 Å². The molecule has 2 aromatic heterocycles. The Morgan fingerprint density at radius 3 is 3.05 bits per heavy atom. The summed E-state index contributed by atoms with van der Waals surface area (Å²) in [6, 6.07) is 0.600. The molecule has 0 unspecified atom stereocenters. The number of anilines is 1. The highest BCUT2D eigenvalue weighted by Crippen LogP contribution is 2.19. The van der Waals surface area contributed by atoms with Gasteiger partial charge in [-0.3, -0.25) is 4.90 Å². The molecular weight excluding hydrogens is 252 g/mol. The van der Waals surface area contributed by atoms with Gasteiger partial charge < -0.3 is 9.88 Å². The summed E-state index contributed by atoms with van der Waals surface area (Å²) >= 11 is 0. The molecule has 6 heteroatoms. The van der Waals surface area contributed by atoms with E-state index in [2.05, 4.69) is 32.1 Å². The molecule has 3 rings (SSSR count). The number of nitrogens with one attached hydrogen (secondary N) is 1. The highest BCUT2D eigenvalue weighted by atomic mass is 15.2. The van der Waals surface area contributed by atoms with E-state index in [1.807, 2.05) is 11.6 Å². The molecule has 1 N–H and O–H groups in total. The Hall–Kier alpha value is -1.69. The second kappa shape index (κ2) is 5.75. The van der Waals surface area contributed by atoms with Crippen molar-refractivity contribution in [2.75, 3.05) is 25.0 Å². The average Bonchev–Trinajstić information content (AvgIpc) is 2.88. The van der Waals surface area contributed by atoms with Crippen molar-refractivity contribution in [3.63, 3.8) is 0 Å². The Balaban J connectivity index is 1.73. The van der Waals surface area contributed by atoms with Gasteiger partial charge in [0.1, 0.15) is 11.8 Å². The molecule has 6 nitrogen and oxygen atoms in total. The third kappa shape index (κ3) is 2.47. The van der Waals surface area contributed by atoms with E-state index in [0.717, 1.165) is 30.1 Å². The van der Waals surface area contributed by atoms with E-state index in [0.29, 0.717) is 6.04 Å². The zero-order valence-corrected chi connectivity index (χ0v) is 12.2. The lowest BCUT2D eigenvalue weighted by molar-refractivity contribution is 0.164. The van der Waals surface area contributed by atoms with Crippen LogP contribution in [-0.4, -0.2) is 50.1 Å². The van der Waals surface area contributed by atoms with Crippen LogP contribution in [0.4, 0.5) is 5.82 Å². The fourth-order valence-corrected chi connectivity index (χ4v) is 3.00. The van der Waals surface area contributed by atoms with Gasteiger partial charge in [0.15, 0.2) is 11.5 Å². The molecule has 2 aromatic rings. The van der Waals surface area contributed by atoms with Gasteiger partial charge in [-0.1, -0.05) is 13.3 Å². The van der Waals surface area contributed by atoms with Gasteiger partial charge in [0.25, 0.3) is 0 Å². The molecule has 3 heterocycles. The second-order valence-corrected chi connectivity index (χ2v) is 5.41. The maximum absolute atomic E-state index is 4.38. The number of aromatic nitrogens is 4. The normalized spacial score (nSPS) is 20.4. The summed E-state index contributed by atoms with van der Waals surface area (Å²) in [5, 5.41) is 3.47. The van der Waals surface area contributed by atoms with Crippen LogP contribution in [0.3, 0.4) is 0 Å². The Kier molecular flexibility index (Phi) is 3.82. The van der Waals surface area contributed by atoms with Crippen LogP contribution in [0.1, 0.15) is 26.2 Å². The summed E-state index contributed by atoms with van der Waals surface area (Å²) in [7, 11) is 1.95. The van der Waals surface area contributed by atoms with Crippen LogP contribution in [0, 0.1) is 0 Å². The molecular formula is C14H22N6. The molecule has 0 spiro atoms. The van der Waals surface area contributed by atoms with Gasteiger partial charge in [-0.2, -0.15) is 0 Å². The van der Waals surface area contributed by atoms with Crippen molar-refractivity contribution in [1.82, 2.24) is 24.4 Å². The van der Waals surface area contributed by atoms with Gasteiger partial charge >= 0.3 is 0 Å². The number of rotatable bonds is 4. The number of nitrogens with zero attached hydrogens (tertiary/aromatic N) is 5. The molecule has 1 aliphatic rings. The first kappa shape index (κ1) is 13.3. The number of hydrogen-bond acceptors (Lipinski definition) is 5. The molecule has 0 bridgehead atoms. The molecule has 1 saturated heterocycles. The number of likely N-dealkylation sites (N-methyl/N-ethyl adjacent to an activating group) is 1. The Bertz CT molecular complexity index is 578. The summed E-state index contributed by atoms with van der Waals surface area (Å²) in [6.45, 7) is 5.50. The van der Waals surface area contributed by atoms with Gasteiger partial charge in [0, 0.05) is 19.6 Å². The minimum absolute atomic E-state index is 0.600. The summed E-state index contributed by atoms with van der Waals surface area (Å²) in [4.78, 5) is 15.5. The summed E-state index contributed by atoms with van der Waals surface area (Å²) in [6.07, 6.45) is 7.29. The van der Waals surface area contributed by atoms with Crippen LogP contribution in [0.2, 0.25) is 0 Å². The number of hydrogen-bond donors (Lipinski definition) is 1. The number of fused-ring (bicyclic) bond motifs is 1. The zero-order valence-electron chi connectivity index (χ0n) is 12.2. The topological polar surface area (TPSA) is 58.9 Å². The van der Waals surface area contributed by atoms with Crippen molar-refractivity contribution in [3.8, 4) is 0 Å². The minimum Gasteiger partial charge on any atom is -0.367 e. The predicted molar refractivity (Wildman–Crippen MR) is 79.7 cm³/mol. The quantitative estimate of drug-likeness (QED) is 0.918. The van der Waals surface area contributed by atoms with Crippen molar-refractivity contribution in [3.05, 3.63) is 12.7 Å². The lowest BCUT2D eigenvalue weighted by Gasteiger charge is -2.35. The Morgan fingerprint density at radius 1 is 1.30 bits per heavy atom. The number of imidazole rings is 1. The van der Waals surface area contributed by atoms with E-state index in [4.69, 9.17) is 0 Å². The molecule has 0 aliphatic carbocycles. The zero-order chi connectivity index (χ0) is 13.9. The molecule has 1 fully saturated rings. The monoisotopic (exact) mass is 274 g/mol. The molecule has 1 atom stereocenters. The molecule has 0 saturated carbocycles. The number of aryl methyl sites for hydroxylation is 1. The van der Waals surface area contributed by atoms with Crippen LogP contribution in [0.5, 0.6) is 0 Å². The first-order valence-corrected chi connectivity index (χ1v) is 7.39. The number of likely N-dealkylation sites (tertiary alicyclic amines) is 1. The summed E-state index contributed by atoms with van der Waals surface area (Å²) in [5.74, 6) is 0.845. The predicted octanol–water partition coefficient (Wildman–Crippen LogP) is 1.65. The van der Waals surface area contributed by atoms with Crippen molar-refractivity contribution >= 4 is 17.0 Å². The van der Waals surface area contributed by atoms with Gasteiger partial charge in [0.05, 0.1) is 6.33 Å². The summed E-state index contributed by atoms with van der Waals surface area (Å²) < 4.78 is 1.92. The standard InChI is InChI=1S/C14H22N6/c1-3-20-7-5-4-6-11(20)8-15-13-12-14(17-9-16-13)19(2)10-18-12/h9-11H,3-8H2,1-2H3,(H,15,16,17)/t11-/m0/s1. The Morgan fingerprint density at radius 2 is 2.20 bits per heavy atom. The third-order valence-electron chi connectivity index (χ3n) is 4.16. The maximum atomic E-state index is 4.38. The van der Waals surface area contributed by atoms with Gasteiger partial charge in [-0.05, 0) is 25.9 Å². The van der Waals surface area contributed by atoms with E-state index >= 15 is 0 Å². The van der Waals surface area contributed by atoms with E-state index in [9.17, 15) is 0 Å². The first-order valence-electron chi connectivity index (χ1n) is 7.39. The minimum atomic E-state index is 0.600. The van der Waals surface area contributed by atoms with Gasteiger partial charge in [-0.15, -0.1) is 0 Å². The molecule has 0 amide bonds. The second-order valence-electron chi connectivity index (χ2n) is 5.41. The first-order chi connectivity index (χ1) is 9.79. The highest BCUT2D eigenvalue weighted by Gasteiger charge is 2.21. The van der Waals surface area contributed by atoms with E-state index in [1.165, 1.54) is 25.8 Å². The SMILES string of the molecule is CCN1CCCC[C@H]1CNc1ncnc2c1ncn2C. The Labute approximate surface area is 119 Å². The number of piperidine rings is 1. The fraction of sp³-hybridized carbons (Fsp3) is 0.643. The van der Waals surface area contributed by atoms with E-state index in [-0.39, 0.29) is 0 Å². The largest absolute Gasteiger partial charge is 0.367 e.